The smallest absolute Gasteiger partial charge is 0.339 e. The zero-order valence-electron chi connectivity index (χ0n) is 15.1. The normalized spacial score (nSPS) is 13.1. The first-order chi connectivity index (χ1) is 12.8. The van der Waals surface area contributed by atoms with Crippen LogP contribution in [0.4, 0.5) is 10.5 Å². The quantitative estimate of drug-likeness (QED) is 0.723. The van der Waals surface area contributed by atoms with Gasteiger partial charge in [-0.1, -0.05) is 6.07 Å². The SMILES string of the molecule is Cc1oc(CN(C)C(=O)c2cccc(NC(=O)NC3CC3)c2)cc1C(=O)O. The number of amides is 3. The van der Waals surface area contributed by atoms with E-state index < -0.39 is 5.97 Å². The molecule has 1 saturated carbocycles. The number of hydrogen-bond acceptors (Lipinski definition) is 4. The van der Waals surface area contributed by atoms with Gasteiger partial charge in [0.2, 0.25) is 0 Å². The summed E-state index contributed by atoms with van der Waals surface area (Å²) in [4.78, 5) is 37.0. The van der Waals surface area contributed by atoms with Crippen molar-refractivity contribution in [3.63, 3.8) is 0 Å². The van der Waals surface area contributed by atoms with Crippen molar-refractivity contribution in [1.82, 2.24) is 10.2 Å². The van der Waals surface area contributed by atoms with Crippen molar-refractivity contribution in [2.24, 2.45) is 0 Å². The van der Waals surface area contributed by atoms with Gasteiger partial charge in [0, 0.05) is 24.3 Å². The van der Waals surface area contributed by atoms with E-state index in [9.17, 15) is 14.4 Å². The minimum atomic E-state index is -1.07. The number of rotatable bonds is 6. The van der Waals surface area contributed by atoms with Crippen molar-refractivity contribution in [1.29, 1.82) is 0 Å². The second-order valence-electron chi connectivity index (χ2n) is 6.60. The molecule has 3 rings (SSSR count). The molecule has 1 aliphatic carbocycles. The highest BCUT2D eigenvalue weighted by molar-refractivity contribution is 5.97. The Kier molecular flexibility index (Phi) is 5.16. The van der Waals surface area contributed by atoms with Gasteiger partial charge < -0.3 is 25.1 Å². The Morgan fingerprint density at radius 2 is 2.00 bits per heavy atom. The lowest BCUT2D eigenvalue weighted by Gasteiger charge is -2.16. The molecule has 27 heavy (non-hydrogen) atoms. The molecular formula is C19H21N3O5. The van der Waals surface area contributed by atoms with Crippen LogP contribution in [0.5, 0.6) is 0 Å². The van der Waals surface area contributed by atoms with Crippen LogP contribution in [-0.2, 0) is 6.54 Å². The summed E-state index contributed by atoms with van der Waals surface area (Å²) in [5.41, 5.74) is 1.01. The van der Waals surface area contributed by atoms with Crippen LogP contribution in [-0.4, -0.2) is 41.0 Å². The fraction of sp³-hybridized carbons (Fsp3) is 0.316. The molecule has 3 amide bonds. The van der Waals surface area contributed by atoms with Crippen LogP contribution >= 0.6 is 0 Å². The summed E-state index contributed by atoms with van der Waals surface area (Å²) in [7, 11) is 1.60. The lowest BCUT2D eigenvalue weighted by Crippen LogP contribution is -2.30. The Labute approximate surface area is 156 Å². The van der Waals surface area contributed by atoms with Crippen LogP contribution in [0.25, 0.3) is 0 Å². The molecule has 1 heterocycles. The molecule has 0 spiro atoms. The van der Waals surface area contributed by atoms with Crippen LogP contribution in [0.3, 0.4) is 0 Å². The van der Waals surface area contributed by atoms with Crippen molar-refractivity contribution in [3.8, 4) is 0 Å². The molecule has 0 saturated heterocycles. The summed E-state index contributed by atoms with van der Waals surface area (Å²) in [5, 5.41) is 14.6. The lowest BCUT2D eigenvalue weighted by molar-refractivity contribution is 0.0694. The molecule has 1 aromatic heterocycles. The molecule has 0 radical (unpaired) electrons. The van der Waals surface area contributed by atoms with Gasteiger partial charge in [-0.15, -0.1) is 0 Å². The topological polar surface area (TPSA) is 112 Å². The first-order valence-corrected chi connectivity index (χ1v) is 8.59. The fourth-order valence-corrected chi connectivity index (χ4v) is 2.67. The van der Waals surface area contributed by atoms with Crippen LogP contribution in [0.1, 0.15) is 45.1 Å². The maximum atomic E-state index is 12.6. The minimum Gasteiger partial charge on any atom is -0.478 e. The van der Waals surface area contributed by atoms with Gasteiger partial charge in [-0.3, -0.25) is 4.79 Å². The first kappa shape index (κ1) is 18.5. The molecule has 2 aromatic rings. The summed E-state index contributed by atoms with van der Waals surface area (Å²) in [6.07, 6.45) is 1.99. The van der Waals surface area contributed by atoms with Crippen LogP contribution in [0, 0.1) is 6.92 Å². The van der Waals surface area contributed by atoms with E-state index >= 15 is 0 Å². The predicted octanol–water partition coefficient (Wildman–Crippen LogP) is 2.84. The van der Waals surface area contributed by atoms with Gasteiger partial charge in [0.25, 0.3) is 5.91 Å². The standard InChI is InChI=1S/C19H21N3O5/c1-11-16(18(24)25)9-15(27-11)10-22(2)17(23)12-4-3-5-14(8-12)21-19(26)20-13-6-7-13/h3-5,8-9,13H,6-7,10H2,1-2H3,(H,24,25)(H2,20,21,26). The third kappa shape index (κ3) is 4.66. The Morgan fingerprint density at radius 1 is 1.26 bits per heavy atom. The Balaban J connectivity index is 1.65. The van der Waals surface area contributed by atoms with Crippen LogP contribution in [0.15, 0.2) is 34.7 Å². The van der Waals surface area contributed by atoms with E-state index in [1.807, 2.05) is 0 Å². The summed E-state index contributed by atoms with van der Waals surface area (Å²) >= 11 is 0. The van der Waals surface area contributed by atoms with Crippen LogP contribution < -0.4 is 10.6 Å². The maximum absolute atomic E-state index is 12.6. The number of urea groups is 1. The Morgan fingerprint density at radius 3 is 2.63 bits per heavy atom. The number of carbonyl (C=O) groups is 3. The molecule has 1 aromatic carbocycles. The van der Waals surface area contributed by atoms with E-state index in [2.05, 4.69) is 10.6 Å². The number of furan rings is 1. The summed E-state index contributed by atoms with van der Waals surface area (Å²) in [5.74, 6) is -0.656. The van der Waals surface area contributed by atoms with Crippen molar-refractivity contribution < 1.29 is 23.9 Å². The van der Waals surface area contributed by atoms with Gasteiger partial charge >= 0.3 is 12.0 Å². The number of aromatic carboxylic acids is 1. The molecular weight excluding hydrogens is 350 g/mol. The number of hydrogen-bond donors (Lipinski definition) is 3. The van der Waals surface area contributed by atoms with Crippen molar-refractivity contribution in [2.75, 3.05) is 12.4 Å². The van der Waals surface area contributed by atoms with Crippen LogP contribution in [0.2, 0.25) is 0 Å². The summed E-state index contributed by atoms with van der Waals surface area (Å²) in [6.45, 7) is 1.70. The third-order valence-electron chi connectivity index (χ3n) is 4.22. The first-order valence-electron chi connectivity index (χ1n) is 8.59. The average Bonchev–Trinajstić information content (AvgIpc) is 3.34. The fourth-order valence-electron chi connectivity index (χ4n) is 2.67. The van der Waals surface area contributed by atoms with E-state index in [0.29, 0.717) is 22.8 Å². The lowest BCUT2D eigenvalue weighted by atomic mass is 10.1. The molecule has 8 nitrogen and oxygen atoms in total. The number of carboxylic acid groups (broad SMARTS) is 1. The van der Waals surface area contributed by atoms with E-state index in [1.54, 1.807) is 38.2 Å². The van der Waals surface area contributed by atoms with Crippen molar-refractivity contribution >= 4 is 23.6 Å². The van der Waals surface area contributed by atoms with Gasteiger partial charge in [-0.25, -0.2) is 9.59 Å². The molecule has 1 fully saturated rings. The van der Waals surface area contributed by atoms with E-state index in [1.165, 1.54) is 11.0 Å². The number of carbonyl (C=O) groups excluding carboxylic acids is 2. The monoisotopic (exact) mass is 371 g/mol. The van der Waals surface area contributed by atoms with E-state index in [4.69, 9.17) is 9.52 Å². The van der Waals surface area contributed by atoms with Crippen molar-refractivity contribution in [3.05, 3.63) is 53.0 Å². The molecule has 8 heteroatoms. The van der Waals surface area contributed by atoms with E-state index in [0.717, 1.165) is 12.8 Å². The highest BCUT2D eigenvalue weighted by Crippen LogP contribution is 2.20. The second kappa shape index (κ2) is 7.53. The number of nitrogens with one attached hydrogen (secondary N) is 2. The van der Waals surface area contributed by atoms with Crippen molar-refractivity contribution in [2.45, 2.75) is 32.4 Å². The van der Waals surface area contributed by atoms with Gasteiger partial charge in [0.1, 0.15) is 17.1 Å². The molecule has 3 N–H and O–H groups in total. The molecule has 0 atom stereocenters. The largest absolute Gasteiger partial charge is 0.478 e. The van der Waals surface area contributed by atoms with Gasteiger partial charge in [-0.2, -0.15) is 0 Å². The predicted molar refractivity (Wildman–Crippen MR) is 97.8 cm³/mol. The highest BCUT2D eigenvalue weighted by atomic mass is 16.4. The zero-order chi connectivity index (χ0) is 19.6. The zero-order valence-corrected chi connectivity index (χ0v) is 15.1. The Bertz CT molecular complexity index is 885. The Hall–Kier alpha value is -3.29. The van der Waals surface area contributed by atoms with Gasteiger partial charge in [-0.05, 0) is 44.0 Å². The average molecular weight is 371 g/mol. The number of benzene rings is 1. The second-order valence-corrected chi connectivity index (χ2v) is 6.60. The number of aryl methyl sites for hydroxylation is 1. The molecule has 0 aliphatic heterocycles. The van der Waals surface area contributed by atoms with Gasteiger partial charge in [0.15, 0.2) is 0 Å². The summed E-state index contributed by atoms with van der Waals surface area (Å²) in [6, 6.07) is 8.02. The third-order valence-corrected chi connectivity index (χ3v) is 4.22. The molecule has 0 bridgehead atoms. The maximum Gasteiger partial charge on any atom is 0.339 e. The molecule has 1 aliphatic rings. The van der Waals surface area contributed by atoms with Gasteiger partial charge in [0.05, 0.1) is 6.54 Å². The highest BCUT2D eigenvalue weighted by Gasteiger charge is 2.23. The molecule has 0 unspecified atom stereocenters. The summed E-state index contributed by atoms with van der Waals surface area (Å²) < 4.78 is 5.41. The minimum absolute atomic E-state index is 0.0821. The van der Waals surface area contributed by atoms with E-state index in [-0.39, 0.29) is 30.1 Å². The molecule has 142 valence electrons. The number of carboxylic acids is 1. The number of nitrogens with zero attached hydrogens (tertiary/aromatic N) is 1. The number of anilines is 1.